The molecule has 1 N–H and O–H groups in total. The van der Waals surface area contributed by atoms with Crippen LogP contribution in [0.2, 0.25) is 5.02 Å². The van der Waals surface area contributed by atoms with Crippen LogP contribution in [-0.4, -0.2) is 36.0 Å². The van der Waals surface area contributed by atoms with Gasteiger partial charge in [-0.05, 0) is 75.5 Å². The maximum Gasteiger partial charge on any atom is 0.287 e. The van der Waals surface area contributed by atoms with Gasteiger partial charge < -0.3 is 19.4 Å². The van der Waals surface area contributed by atoms with Gasteiger partial charge in [-0.1, -0.05) is 11.6 Å². The highest BCUT2D eigenvalue weighted by Crippen LogP contribution is 2.34. The molecule has 0 radical (unpaired) electrons. The first kappa shape index (κ1) is 18.4. The number of piperidine rings is 1. The Bertz CT molecular complexity index is 821. The number of benzene rings is 1. The van der Waals surface area contributed by atoms with Crippen LogP contribution in [0.15, 0.2) is 34.7 Å². The minimum Gasteiger partial charge on any atom is -0.486 e. The Morgan fingerprint density at radius 3 is 2.70 bits per heavy atom. The van der Waals surface area contributed by atoms with Crippen LogP contribution < -0.4 is 10.1 Å². The zero-order valence-electron chi connectivity index (χ0n) is 15.7. The number of nitrogens with one attached hydrogen (secondary N) is 1. The normalized spacial score (nSPS) is 24.8. The van der Waals surface area contributed by atoms with E-state index < -0.39 is 0 Å². The van der Waals surface area contributed by atoms with E-state index >= 15 is 0 Å². The zero-order chi connectivity index (χ0) is 19.0. The molecular weight excluding hydrogens is 364 g/mol. The Balaban J connectivity index is 1.32. The van der Waals surface area contributed by atoms with Gasteiger partial charge in [-0.2, -0.15) is 0 Å². The smallest absolute Gasteiger partial charge is 0.287 e. The van der Waals surface area contributed by atoms with E-state index in [9.17, 15) is 4.79 Å². The van der Waals surface area contributed by atoms with E-state index in [2.05, 4.69) is 17.3 Å². The van der Waals surface area contributed by atoms with Gasteiger partial charge in [0, 0.05) is 23.1 Å². The number of furan rings is 1. The molecule has 0 aliphatic carbocycles. The number of carbonyl (C=O) groups excluding carboxylic acids is 1. The van der Waals surface area contributed by atoms with Crippen LogP contribution in [-0.2, 0) is 6.61 Å². The van der Waals surface area contributed by atoms with Crippen molar-refractivity contribution in [1.29, 1.82) is 0 Å². The van der Waals surface area contributed by atoms with Crippen LogP contribution in [0.25, 0.3) is 0 Å². The summed E-state index contributed by atoms with van der Waals surface area (Å²) in [4.78, 5) is 15.0. The van der Waals surface area contributed by atoms with Crippen molar-refractivity contribution in [1.82, 2.24) is 10.2 Å². The second-order valence-corrected chi connectivity index (χ2v) is 8.07. The highest BCUT2D eigenvalue weighted by atomic mass is 35.5. The molecule has 6 heteroatoms. The summed E-state index contributed by atoms with van der Waals surface area (Å²) in [6.45, 7) is 2.20. The van der Waals surface area contributed by atoms with Crippen molar-refractivity contribution in [3.8, 4) is 5.75 Å². The fraction of sp³-hybridized carbons (Fsp3) is 0.476. The van der Waals surface area contributed by atoms with Gasteiger partial charge in [0.15, 0.2) is 5.76 Å². The molecule has 3 heterocycles. The first-order valence-electron chi connectivity index (χ1n) is 9.50. The van der Waals surface area contributed by atoms with Crippen molar-refractivity contribution in [3.63, 3.8) is 0 Å². The standard InChI is InChI=1S/C21H25ClN2O3/c1-13-9-17(5-7-19(13)22)26-12-18-6-8-20(27-18)21(25)23-14-10-15-3-4-16(11-14)24(15)2/h5-9,14-16H,3-4,10-12H2,1-2H3,(H,23,25). The summed E-state index contributed by atoms with van der Waals surface area (Å²) in [7, 11) is 2.20. The lowest BCUT2D eigenvalue weighted by Gasteiger charge is -2.36. The van der Waals surface area contributed by atoms with Crippen molar-refractivity contribution < 1.29 is 13.9 Å². The molecule has 1 aromatic carbocycles. The second kappa shape index (κ2) is 7.56. The minimum absolute atomic E-state index is 0.141. The van der Waals surface area contributed by atoms with Crippen LogP contribution in [0.1, 0.15) is 47.6 Å². The van der Waals surface area contributed by atoms with Gasteiger partial charge in [0.25, 0.3) is 5.91 Å². The molecule has 2 bridgehead atoms. The lowest BCUT2D eigenvalue weighted by atomic mass is 9.98. The predicted molar refractivity (Wildman–Crippen MR) is 104 cm³/mol. The second-order valence-electron chi connectivity index (χ2n) is 7.66. The van der Waals surface area contributed by atoms with Gasteiger partial charge in [-0.3, -0.25) is 4.79 Å². The van der Waals surface area contributed by atoms with E-state index in [0.29, 0.717) is 28.6 Å². The van der Waals surface area contributed by atoms with Gasteiger partial charge in [0.2, 0.25) is 0 Å². The van der Waals surface area contributed by atoms with Crippen molar-refractivity contribution in [3.05, 3.63) is 52.4 Å². The van der Waals surface area contributed by atoms with Crippen molar-refractivity contribution >= 4 is 17.5 Å². The van der Waals surface area contributed by atoms with Gasteiger partial charge in [-0.25, -0.2) is 0 Å². The Labute approximate surface area is 164 Å². The van der Waals surface area contributed by atoms with E-state index in [1.165, 1.54) is 12.8 Å². The monoisotopic (exact) mass is 388 g/mol. The summed E-state index contributed by atoms with van der Waals surface area (Å²) >= 11 is 6.02. The van der Waals surface area contributed by atoms with Crippen LogP contribution in [0.3, 0.4) is 0 Å². The molecule has 2 aromatic rings. The van der Waals surface area contributed by atoms with Crippen molar-refractivity contribution in [2.45, 2.75) is 57.3 Å². The molecule has 0 spiro atoms. The number of hydrogen-bond donors (Lipinski definition) is 1. The molecule has 4 rings (SSSR count). The summed E-state index contributed by atoms with van der Waals surface area (Å²) in [5, 5.41) is 3.85. The molecule has 0 saturated carbocycles. The minimum atomic E-state index is -0.141. The zero-order valence-corrected chi connectivity index (χ0v) is 16.5. The van der Waals surface area contributed by atoms with Crippen molar-refractivity contribution in [2.75, 3.05) is 7.05 Å². The van der Waals surface area contributed by atoms with Gasteiger partial charge >= 0.3 is 0 Å². The molecule has 144 valence electrons. The Morgan fingerprint density at radius 2 is 2.00 bits per heavy atom. The van der Waals surface area contributed by atoms with Gasteiger partial charge in [-0.15, -0.1) is 0 Å². The number of rotatable bonds is 5. The van der Waals surface area contributed by atoms with Crippen LogP contribution in [0.5, 0.6) is 5.75 Å². The highest BCUT2D eigenvalue weighted by Gasteiger charge is 2.39. The van der Waals surface area contributed by atoms with Gasteiger partial charge in [0.1, 0.15) is 18.1 Å². The molecular formula is C21H25ClN2O3. The summed E-state index contributed by atoms with van der Waals surface area (Å²) in [5.41, 5.74) is 0.959. The highest BCUT2D eigenvalue weighted by molar-refractivity contribution is 6.31. The number of hydrogen-bond acceptors (Lipinski definition) is 4. The molecule has 2 aliphatic heterocycles. The maximum absolute atomic E-state index is 12.5. The number of amides is 1. The molecule has 1 amide bonds. The number of halogens is 1. The summed E-state index contributed by atoms with van der Waals surface area (Å²) in [5.74, 6) is 1.54. The molecule has 2 aliphatic rings. The SMILES string of the molecule is Cc1cc(OCc2ccc(C(=O)NC3CC4CCC(C3)N4C)o2)ccc1Cl. The van der Waals surface area contributed by atoms with Gasteiger partial charge in [0.05, 0.1) is 0 Å². The van der Waals surface area contributed by atoms with E-state index in [1.807, 2.05) is 25.1 Å². The number of fused-ring (bicyclic) bond motifs is 2. The number of nitrogens with zero attached hydrogens (tertiary/aromatic N) is 1. The fourth-order valence-electron chi connectivity index (χ4n) is 4.22. The summed E-state index contributed by atoms with van der Waals surface area (Å²) < 4.78 is 11.4. The quantitative estimate of drug-likeness (QED) is 0.835. The predicted octanol–water partition coefficient (Wildman–Crippen LogP) is 4.18. The van der Waals surface area contributed by atoms with Crippen molar-refractivity contribution in [2.24, 2.45) is 0 Å². The summed E-state index contributed by atoms with van der Waals surface area (Å²) in [6.07, 6.45) is 4.51. The number of carbonyl (C=O) groups is 1. The molecule has 2 unspecified atom stereocenters. The lowest BCUT2D eigenvalue weighted by Crippen LogP contribution is -2.48. The van der Waals surface area contributed by atoms with E-state index in [4.69, 9.17) is 20.8 Å². The molecule has 2 atom stereocenters. The van der Waals surface area contributed by atoms with E-state index in [-0.39, 0.29) is 18.6 Å². The third-order valence-corrected chi connectivity index (χ3v) is 6.25. The molecule has 1 aromatic heterocycles. The first-order chi connectivity index (χ1) is 13.0. The third kappa shape index (κ3) is 3.99. The van der Waals surface area contributed by atoms with Crippen LogP contribution >= 0.6 is 11.6 Å². The van der Waals surface area contributed by atoms with Crippen LogP contribution in [0.4, 0.5) is 0 Å². The third-order valence-electron chi connectivity index (χ3n) is 5.83. The van der Waals surface area contributed by atoms with E-state index in [1.54, 1.807) is 12.1 Å². The van der Waals surface area contributed by atoms with Crippen LogP contribution in [0, 0.1) is 6.92 Å². The van der Waals surface area contributed by atoms with E-state index in [0.717, 1.165) is 24.2 Å². The first-order valence-corrected chi connectivity index (χ1v) is 9.88. The fourth-order valence-corrected chi connectivity index (χ4v) is 4.34. The molecule has 5 nitrogen and oxygen atoms in total. The Morgan fingerprint density at radius 1 is 1.26 bits per heavy atom. The lowest BCUT2D eigenvalue weighted by molar-refractivity contribution is 0.0851. The topological polar surface area (TPSA) is 54.7 Å². The summed E-state index contributed by atoms with van der Waals surface area (Å²) in [6, 6.07) is 10.4. The maximum atomic E-state index is 12.5. The largest absolute Gasteiger partial charge is 0.486 e. The average molecular weight is 389 g/mol. The molecule has 27 heavy (non-hydrogen) atoms. The average Bonchev–Trinajstić information content (AvgIpc) is 3.18. The molecule has 2 saturated heterocycles. The number of ether oxygens (including phenoxy) is 1. The Hall–Kier alpha value is -1.98. The number of aryl methyl sites for hydroxylation is 1. The molecule has 2 fully saturated rings. The Kier molecular flexibility index (Phi) is 5.15.